The van der Waals surface area contributed by atoms with E-state index in [0.29, 0.717) is 0 Å². The summed E-state index contributed by atoms with van der Waals surface area (Å²) in [5, 5.41) is 0. The van der Waals surface area contributed by atoms with Crippen LogP contribution in [0.3, 0.4) is 0 Å². The molecule has 10 heteroatoms. The number of hydrogen-bond acceptors (Lipinski definition) is 8. The SMILES string of the molecule is CCOC(=O)c1cn(C[C@H]2C3CCC(CC3)N2C(=O)OC(C)(C)C)c(C(=O)OCC)c(OCc2ccccc2)c1=O. The molecule has 0 spiro atoms. The maximum atomic E-state index is 13.6. The molecule has 2 bridgehead atoms. The van der Waals surface area contributed by atoms with Gasteiger partial charge in [0, 0.05) is 18.8 Å². The average Bonchev–Trinajstić information content (AvgIpc) is 2.93. The van der Waals surface area contributed by atoms with Gasteiger partial charge in [0.05, 0.1) is 19.3 Å². The van der Waals surface area contributed by atoms with E-state index in [0.717, 1.165) is 31.2 Å². The van der Waals surface area contributed by atoms with Crippen molar-refractivity contribution < 1.29 is 33.3 Å². The number of rotatable bonds is 9. The van der Waals surface area contributed by atoms with Gasteiger partial charge in [-0.05, 0) is 71.8 Å². The Morgan fingerprint density at radius 2 is 1.56 bits per heavy atom. The van der Waals surface area contributed by atoms with Gasteiger partial charge < -0.3 is 28.4 Å². The summed E-state index contributed by atoms with van der Waals surface area (Å²) in [6.07, 6.45) is 4.50. The molecule has 2 aromatic rings. The van der Waals surface area contributed by atoms with E-state index >= 15 is 0 Å². The molecule has 3 heterocycles. The van der Waals surface area contributed by atoms with E-state index in [1.807, 2.05) is 51.1 Å². The molecular weight excluding hydrogens is 528 g/mol. The third-order valence-corrected chi connectivity index (χ3v) is 7.45. The lowest BCUT2D eigenvalue weighted by Gasteiger charge is -2.51. The zero-order chi connectivity index (χ0) is 29.7. The number of piperidine rings is 2. The molecule has 1 saturated carbocycles. The minimum atomic E-state index is -0.819. The Balaban J connectivity index is 1.82. The second kappa shape index (κ2) is 12.8. The van der Waals surface area contributed by atoms with Crippen molar-refractivity contribution in [1.29, 1.82) is 0 Å². The van der Waals surface area contributed by atoms with Gasteiger partial charge in [-0.2, -0.15) is 0 Å². The lowest BCUT2D eigenvalue weighted by Crippen LogP contribution is -2.59. The van der Waals surface area contributed by atoms with E-state index in [2.05, 4.69) is 0 Å². The van der Waals surface area contributed by atoms with Gasteiger partial charge in [0.25, 0.3) is 0 Å². The van der Waals surface area contributed by atoms with Crippen LogP contribution in [0.15, 0.2) is 41.3 Å². The van der Waals surface area contributed by atoms with Gasteiger partial charge in [-0.25, -0.2) is 14.4 Å². The Morgan fingerprint density at radius 3 is 2.17 bits per heavy atom. The molecule has 0 radical (unpaired) electrons. The highest BCUT2D eigenvalue weighted by Crippen LogP contribution is 2.41. The molecule has 1 aromatic carbocycles. The first-order valence-electron chi connectivity index (χ1n) is 14.3. The largest absolute Gasteiger partial charge is 0.482 e. The summed E-state index contributed by atoms with van der Waals surface area (Å²) in [6, 6.07) is 8.86. The van der Waals surface area contributed by atoms with E-state index < -0.39 is 29.1 Å². The zero-order valence-electron chi connectivity index (χ0n) is 24.5. The maximum Gasteiger partial charge on any atom is 0.410 e. The Kier molecular flexibility index (Phi) is 9.40. The molecule has 0 unspecified atom stereocenters. The van der Waals surface area contributed by atoms with Gasteiger partial charge in [-0.1, -0.05) is 30.3 Å². The number of carbonyl (C=O) groups excluding carboxylic acids is 3. The molecule has 2 aliphatic heterocycles. The Hall–Kier alpha value is -3.82. The summed E-state index contributed by atoms with van der Waals surface area (Å²) in [5.74, 6) is -1.71. The number of benzene rings is 1. The van der Waals surface area contributed by atoms with E-state index in [1.165, 1.54) is 10.8 Å². The minimum absolute atomic E-state index is 0.00334. The predicted octanol–water partition coefficient (Wildman–Crippen LogP) is 4.96. The number of amides is 1. The maximum absolute atomic E-state index is 13.6. The number of fused-ring (bicyclic) bond motifs is 3. The van der Waals surface area contributed by atoms with Crippen molar-refractivity contribution >= 4 is 18.0 Å². The monoisotopic (exact) mass is 568 g/mol. The van der Waals surface area contributed by atoms with E-state index in [9.17, 15) is 19.2 Å². The molecule has 222 valence electrons. The topological polar surface area (TPSA) is 113 Å². The van der Waals surface area contributed by atoms with Crippen LogP contribution in [-0.4, -0.2) is 58.4 Å². The number of ether oxygens (including phenoxy) is 4. The number of pyridine rings is 1. The number of nitrogens with zero attached hydrogens (tertiary/aromatic N) is 2. The van der Waals surface area contributed by atoms with Crippen molar-refractivity contribution in [3.8, 4) is 5.75 Å². The smallest absolute Gasteiger partial charge is 0.410 e. The van der Waals surface area contributed by atoms with Crippen molar-refractivity contribution in [1.82, 2.24) is 9.47 Å². The first kappa shape index (κ1) is 30.1. The molecule has 3 aliphatic rings. The van der Waals surface area contributed by atoms with Crippen LogP contribution < -0.4 is 10.2 Å². The van der Waals surface area contributed by atoms with Crippen LogP contribution in [0.25, 0.3) is 0 Å². The lowest BCUT2D eigenvalue weighted by atomic mass is 9.74. The summed E-state index contributed by atoms with van der Waals surface area (Å²) < 4.78 is 23.8. The lowest BCUT2D eigenvalue weighted by molar-refractivity contribution is -0.0451. The van der Waals surface area contributed by atoms with Crippen molar-refractivity contribution in [2.24, 2.45) is 5.92 Å². The Morgan fingerprint density at radius 1 is 0.927 bits per heavy atom. The van der Waals surface area contributed by atoms with Crippen molar-refractivity contribution in [3.63, 3.8) is 0 Å². The normalized spacial score (nSPS) is 19.9. The van der Waals surface area contributed by atoms with Gasteiger partial charge >= 0.3 is 18.0 Å². The molecule has 1 atom stereocenters. The number of hydrogen-bond donors (Lipinski definition) is 0. The van der Waals surface area contributed by atoms with Crippen LogP contribution >= 0.6 is 0 Å². The summed E-state index contributed by atoms with van der Waals surface area (Å²) >= 11 is 0. The minimum Gasteiger partial charge on any atom is -0.482 e. The molecule has 10 nitrogen and oxygen atoms in total. The van der Waals surface area contributed by atoms with Crippen LogP contribution in [0.2, 0.25) is 0 Å². The van der Waals surface area contributed by atoms with Gasteiger partial charge in [-0.3, -0.25) is 4.79 Å². The first-order chi connectivity index (χ1) is 19.5. The predicted molar refractivity (Wildman–Crippen MR) is 151 cm³/mol. The molecule has 1 aliphatic carbocycles. The second-order valence-electron chi connectivity index (χ2n) is 11.4. The van der Waals surface area contributed by atoms with Gasteiger partial charge in [0.1, 0.15) is 17.8 Å². The fourth-order valence-electron chi connectivity index (χ4n) is 5.71. The summed E-state index contributed by atoms with van der Waals surface area (Å²) in [5.41, 5.74) is -1.02. The average molecular weight is 569 g/mol. The fourth-order valence-corrected chi connectivity index (χ4v) is 5.71. The molecule has 1 aromatic heterocycles. The zero-order valence-corrected chi connectivity index (χ0v) is 24.5. The standard InChI is InChI=1S/C31H40N2O8/c1-6-38-28(35)23-17-32(18-24-21-13-15-22(16-14-21)33(24)30(37)41-31(3,4)5)25(29(36)39-7-2)27(26(23)34)40-19-20-11-9-8-10-12-20/h8-12,17,21-22,24H,6-7,13-16,18-19H2,1-5H3/t21?,22?,24-/m0/s1. The van der Waals surface area contributed by atoms with Crippen molar-refractivity contribution in [3.05, 3.63) is 63.6 Å². The van der Waals surface area contributed by atoms with Gasteiger partial charge in [0.2, 0.25) is 5.43 Å². The molecule has 2 saturated heterocycles. The summed E-state index contributed by atoms with van der Waals surface area (Å²) in [7, 11) is 0. The van der Waals surface area contributed by atoms with Crippen LogP contribution in [0, 0.1) is 5.92 Å². The molecule has 1 amide bonds. The van der Waals surface area contributed by atoms with E-state index in [4.69, 9.17) is 18.9 Å². The number of aromatic nitrogens is 1. The molecular formula is C31H40N2O8. The third-order valence-electron chi connectivity index (χ3n) is 7.45. The highest BCUT2D eigenvalue weighted by atomic mass is 16.6. The quantitative estimate of drug-likeness (QED) is 0.308. The van der Waals surface area contributed by atoms with E-state index in [-0.39, 0.29) is 61.4 Å². The molecule has 0 N–H and O–H groups in total. The fraction of sp³-hybridized carbons (Fsp3) is 0.548. The summed E-state index contributed by atoms with van der Waals surface area (Å²) in [6.45, 7) is 9.06. The summed E-state index contributed by atoms with van der Waals surface area (Å²) in [4.78, 5) is 55.1. The van der Waals surface area contributed by atoms with Crippen LogP contribution in [0.1, 0.15) is 86.7 Å². The number of esters is 2. The van der Waals surface area contributed by atoms with Crippen LogP contribution in [0.4, 0.5) is 4.79 Å². The highest BCUT2D eigenvalue weighted by Gasteiger charge is 2.46. The van der Waals surface area contributed by atoms with Crippen LogP contribution in [0.5, 0.6) is 5.75 Å². The molecule has 3 fully saturated rings. The van der Waals surface area contributed by atoms with Crippen LogP contribution in [-0.2, 0) is 27.4 Å². The van der Waals surface area contributed by atoms with Gasteiger partial charge in [-0.15, -0.1) is 0 Å². The molecule has 41 heavy (non-hydrogen) atoms. The van der Waals surface area contributed by atoms with Gasteiger partial charge in [0.15, 0.2) is 11.4 Å². The van der Waals surface area contributed by atoms with E-state index in [1.54, 1.807) is 18.7 Å². The van der Waals surface area contributed by atoms with Crippen molar-refractivity contribution in [2.45, 2.75) is 91.1 Å². The first-order valence-corrected chi connectivity index (χ1v) is 14.3. The Bertz CT molecular complexity index is 1310. The Labute approximate surface area is 240 Å². The third kappa shape index (κ3) is 6.92. The number of carbonyl (C=O) groups is 3. The second-order valence-corrected chi connectivity index (χ2v) is 11.4. The van der Waals surface area contributed by atoms with Crippen molar-refractivity contribution in [2.75, 3.05) is 13.2 Å². The highest BCUT2D eigenvalue weighted by molar-refractivity contribution is 5.94. The molecule has 5 rings (SSSR count).